The third kappa shape index (κ3) is 3.89. The van der Waals surface area contributed by atoms with Gasteiger partial charge in [0.1, 0.15) is 0 Å². The maximum absolute atomic E-state index is 5.73. The Kier molecular flexibility index (Phi) is 5.72. The van der Waals surface area contributed by atoms with Gasteiger partial charge in [-0.25, -0.2) is 0 Å². The third-order valence-corrected chi connectivity index (χ3v) is 3.63. The second-order valence-corrected chi connectivity index (χ2v) is 5.34. The topological polar surface area (TPSA) is 30.5 Å². The minimum Gasteiger partial charge on any atom is -0.490 e. The molecule has 1 aromatic carbocycles. The first-order valence-corrected chi connectivity index (χ1v) is 7.93. The smallest absolute Gasteiger partial charge is 0.161 e. The summed E-state index contributed by atoms with van der Waals surface area (Å²) in [5.74, 6) is 2.51. The lowest BCUT2D eigenvalue weighted by molar-refractivity contribution is 0.287. The Morgan fingerprint density at radius 2 is 1.80 bits per heavy atom. The van der Waals surface area contributed by atoms with E-state index in [-0.39, 0.29) is 0 Å². The summed E-state index contributed by atoms with van der Waals surface area (Å²) >= 11 is 0. The highest BCUT2D eigenvalue weighted by molar-refractivity contribution is 5.44. The van der Waals surface area contributed by atoms with Crippen molar-refractivity contribution in [3.8, 4) is 11.5 Å². The van der Waals surface area contributed by atoms with Crippen LogP contribution >= 0.6 is 0 Å². The van der Waals surface area contributed by atoms with Crippen LogP contribution in [-0.4, -0.2) is 19.8 Å². The van der Waals surface area contributed by atoms with Gasteiger partial charge in [-0.1, -0.05) is 13.0 Å². The molecule has 1 unspecified atom stereocenters. The molecule has 0 amide bonds. The summed E-state index contributed by atoms with van der Waals surface area (Å²) in [4.78, 5) is 0. The first-order valence-electron chi connectivity index (χ1n) is 7.93. The van der Waals surface area contributed by atoms with E-state index in [1.165, 1.54) is 24.8 Å². The first-order chi connectivity index (χ1) is 9.80. The fraction of sp³-hybridized carbons (Fsp3) is 0.647. The van der Waals surface area contributed by atoms with Crippen molar-refractivity contribution in [2.45, 2.75) is 46.1 Å². The fourth-order valence-corrected chi connectivity index (χ4v) is 2.55. The zero-order valence-corrected chi connectivity index (χ0v) is 12.9. The van der Waals surface area contributed by atoms with Crippen molar-refractivity contribution in [1.29, 1.82) is 0 Å². The molecule has 3 heteroatoms. The van der Waals surface area contributed by atoms with Crippen LogP contribution in [0.25, 0.3) is 0 Å². The molecule has 0 spiro atoms. The van der Waals surface area contributed by atoms with Crippen LogP contribution in [0.4, 0.5) is 0 Å². The molecule has 1 atom stereocenters. The van der Waals surface area contributed by atoms with Crippen molar-refractivity contribution in [2.75, 3.05) is 19.8 Å². The number of rotatable bonds is 9. The normalized spacial score (nSPS) is 15.9. The van der Waals surface area contributed by atoms with Crippen LogP contribution in [0.2, 0.25) is 0 Å². The highest BCUT2D eigenvalue weighted by Gasteiger charge is 2.32. The molecule has 3 nitrogen and oxygen atoms in total. The Hall–Kier alpha value is -1.22. The highest BCUT2D eigenvalue weighted by atomic mass is 16.5. The van der Waals surface area contributed by atoms with E-state index in [0.717, 1.165) is 24.0 Å². The number of nitrogens with one attached hydrogen (secondary N) is 1. The van der Waals surface area contributed by atoms with Gasteiger partial charge < -0.3 is 14.8 Å². The van der Waals surface area contributed by atoms with Gasteiger partial charge in [0.2, 0.25) is 0 Å². The molecule has 2 rings (SSSR count). The summed E-state index contributed by atoms with van der Waals surface area (Å²) in [6.07, 6.45) is 3.83. The molecule has 1 aliphatic rings. The molecule has 0 heterocycles. The van der Waals surface area contributed by atoms with Crippen LogP contribution in [0, 0.1) is 5.92 Å². The van der Waals surface area contributed by atoms with E-state index in [1.54, 1.807) is 0 Å². The van der Waals surface area contributed by atoms with Crippen molar-refractivity contribution >= 4 is 0 Å². The minimum absolute atomic E-state index is 0.463. The number of benzene rings is 1. The van der Waals surface area contributed by atoms with Gasteiger partial charge in [-0.3, -0.25) is 0 Å². The lowest BCUT2D eigenvalue weighted by atomic mass is 10.0. The van der Waals surface area contributed by atoms with Gasteiger partial charge in [0.15, 0.2) is 11.5 Å². The quantitative estimate of drug-likeness (QED) is 0.741. The number of hydrogen-bond acceptors (Lipinski definition) is 3. The predicted octanol–water partition coefficient (Wildman–Crippen LogP) is 3.93. The van der Waals surface area contributed by atoms with E-state index in [2.05, 4.69) is 24.4 Å². The predicted molar refractivity (Wildman–Crippen MR) is 82.5 cm³/mol. The van der Waals surface area contributed by atoms with Crippen molar-refractivity contribution in [3.63, 3.8) is 0 Å². The molecule has 0 radical (unpaired) electrons. The van der Waals surface area contributed by atoms with Gasteiger partial charge in [0.05, 0.1) is 13.2 Å². The highest BCUT2D eigenvalue weighted by Crippen LogP contribution is 2.42. The molecule has 1 fully saturated rings. The summed E-state index contributed by atoms with van der Waals surface area (Å²) in [5, 5.41) is 3.67. The second kappa shape index (κ2) is 7.53. The van der Waals surface area contributed by atoms with Crippen molar-refractivity contribution in [3.05, 3.63) is 23.8 Å². The van der Waals surface area contributed by atoms with Crippen LogP contribution in [0.15, 0.2) is 18.2 Å². The molecule has 1 saturated carbocycles. The Morgan fingerprint density at radius 3 is 2.40 bits per heavy atom. The summed E-state index contributed by atoms with van der Waals surface area (Å²) in [6, 6.07) is 6.84. The van der Waals surface area contributed by atoms with Gasteiger partial charge in [-0.15, -0.1) is 0 Å². The first kappa shape index (κ1) is 15.2. The van der Waals surface area contributed by atoms with Gasteiger partial charge in [0.25, 0.3) is 0 Å². The van der Waals surface area contributed by atoms with E-state index >= 15 is 0 Å². The minimum atomic E-state index is 0.463. The van der Waals surface area contributed by atoms with Crippen molar-refractivity contribution < 1.29 is 9.47 Å². The molecular formula is C17H27NO2. The molecular weight excluding hydrogens is 250 g/mol. The van der Waals surface area contributed by atoms with Crippen LogP contribution in [0.3, 0.4) is 0 Å². The number of ether oxygens (including phenoxy) is 2. The molecule has 1 aliphatic carbocycles. The fourth-order valence-electron chi connectivity index (χ4n) is 2.55. The Balaban J connectivity index is 2.18. The largest absolute Gasteiger partial charge is 0.490 e. The van der Waals surface area contributed by atoms with Gasteiger partial charge >= 0.3 is 0 Å². The monoisotopic (exact) mass is 277 g/mol. The van der Waals surface area contributed by atoms with Crippen LogP contribution in [0.5, 0.6) is 11.5 Å². The Labute approximate surface area is 122 Å². The zero-order valence-electron chi connectivity index (χ0n) is 12.9. The molecule has 0 bridgehead atoms. The van der Waals surface area contributed by atoms with Crippen LogP contribution in [-0.2, 0) is 0 Å². The zero-order chi connectivity index (χ0) is 14.4. The van der Waals surface area contributed by atoms with E-state index in [0.29, 0.717) is 19.3 Å². The van der Waals surface area contributed by atoms with Gasteiger partial charge in [0, 0.05) is 6.04 Å². The summed E-state index contributed by atoms with van der Waals surface area (Å²) < 4.78 is 11.4. The summed E-state index contributed by atoms with van der Waals surface area (Å²) in [7, 11) is 0. The SMILES string of the molecule is CCCNC(c1ccc(OCC)c(OCC)c1)C1CC1. The average Bonchev–Trinajstić information content (AvgIpc) is 3.27. The van der Waals surface area contributed by atoms with E-state index in [4.69, 9.17) is 9.47 Å². The Morgan fingerprint density at radius 1 is 1.10 bits per heavy atom. The molecule has 20 heavy (non-hydrogen) atoms. The Bertz CT molecular complexity index is 415. The standard InChI is InChI=1S/C17H27NO2/c1-4-11-18-17(13-7-8-13)14-9-10-15(19-5-2)16(12-14)20-6-3/h9-10,12-13,17-18H,4-8,11H2,1-3H3. The maximum Gasteiger partial charge on any atom is 0.161 e. The van der Waals surface area contributed by atoms with Crippen LogP contribution in [0.1, 0.15) is 51.6 Å². The van der Waals surface area contributed by atoms with Crippen molar-refractivity contribution in [2.24, 2.45) is 5.92 Å². The van der Waals surface area contributed by atoms with Crippen LogP contribution < -0.4 is 14.8 Å². The second-order valence-electron chi connectivity index (χ2n) is 5.34. The molecule has 0 aliphatic heterocycles. The molecule has 1 N–H and O–H groups in total. The molecule has 112 valence electrons. The van der Waals surface area contributed by atoms with E-state index in [1.807, 2.05) is 19.9 Å². The lowest BCUT2D eigenvalue weighted by Crippen LogP contribution is -2.23. The maximum atomic E-state index is 5.73. The summed E-state index contributed by atoms with van der Waals surface area (Å²) in [6.45, 7) is 8.62. The average molecular weight is 277 g/mol. The molecule has 1 aromatic rings. The lowest BCUT2D eigenvalue weighted by Gasteiger charge is -2.20. The van der Waals surface area contributed by atoms with Gasteiger partial charge in [-0.2, -0.15) is 0 Å². The molecule has 0 saturated heterocycles. The van der Waals surface area contributed by atoms with E-state index in [9.17, 15) is 0 Å². The number of hydrogen-bond donors (Lipinski definition) is 1. The van der Waals surface area contributed by atoms with E-state index < -0.39 is 0 Å². The molecule has 0 aromatic heterocycles. The third-order valence-electron chi connectivity index (χ3n) is 3.63. The van der Waals surface area contributed by atoms with Crippen molar-refractivity contribution in [1.82, 2.24) is 5.32 Å². The summed E-state index contributed by atoms with van der Waals surface area (Å²) in [5.41, 5.74) is 1.33. The van der Waals surface area contributed by atoms with Gasteiger partial charge in [-0.05, 0) is 63.3 Å².